The molecule has 3 aromatic rings. The predicted octanol–water partition coefficient (Wildman–Crippen LogP) is 3.66. The maximum absolute atomic E-state index is 12.5. The Hall–Kier alpha value is -2.81. The summed E-state index contributed by atoms with van der Waals surface area (Å²) >= 11 is 4.14. The van der Waals surface area contributed by atoms with Crippen LogP contribution in [0.3, 0.4) is 0 Å². The molecule has 11 heteroatoms. The van der Waals surface area contributed by atoms with Gasteiger partial charge in [-0.3, -0.25) is 10.1 Å². The topological polar surface area (TPSA) is 118 Å². The highest BCUT2D eigenvalue weighted by Crippen LogP contribution is 2.25. The molecule has 30 heavy (non-hydrogen) atoms. The molecule has 1 N–H and O–H groups in total. The molecule has 1 amide bonds. The minimum absolute atomic E-state index is 0.00177. The Kier molecular flexibility index (Phi) is 6.21. The molecule has 0 unspecified atom stereocenters. The second-order valence-electron chi connectivity index (χ2n) is 6.41. The van der Waals surface area contributed by atoms with E-state index in [0.717, 1.165) is 44.7 Å². The van der Waals surface area contributed by atoms with Gasteiger partial charge in [-0.1, -0.05) is 27.3 Å². The van der Waals surface area contributed by atoms with Gasteiger partial charge in [0, 0.05) is 27.8 Å². The Labute approximate surface area is 185 Å². The van der Waals surface area contributed by atoms with Crippen molar-refractivity contribution >= 4 is 54.2 Å². The summed E-state index contributed by atoms with van der Waals surface area (Å²) in [6.07, 6.45) is 2.49. The molecule has 0 aliphatic carbocycles. The van der Waals surface area contributed by atoms with Gasteiger partial charge in [-0.15, -0.1) is 10.2 Å². The smallest absolute Gasteiger partial charge is 0.268 e. The van der Waals surface area contributed by atoms with Crippen molar-refractivity contribution < 1.29 is 13.2 Å². The quantitative estimate of drug-likeness (QED) is 0.321. The fourth-order valence-electron chi connectivity index (χ4n) is 2.80. The Morgan fingerprint density at radius 3 is 2.50 bits per heavy atom. The zero-order valence-corrected chi connectivity index (χ0v) is 19.4. The number of carbonyl (C=O) groups is 1. The van der Waals surface area contributed by atoms with Crippen molar-refractivity contribution in [1.29, 1.82) is 5.26 Å². The zero-order valence-electron chi connectivity index (χ0n) is 16.2. The number of nitriles is 1. The van der Waals surface area contributed by atoms with Crippen LogP contribution in [-0.2, 0) is 14.6 Å². The molecule has 0 saturated heterocycles. The highest BCUT2D eigenvalue weighted by Gasteiger charge is 2.18. The van der Waals surface area contributed by atoms with Crippen LogP contribution in [0.15, 0.2) is 44.7 Å². The van der Waals surface area contributed by atoms with Crippen molar-refractivity contribution in [2.75, 3.05) is 11.6 Å². The van der Waals surface area contributed by atoms with Gasteiger partial charge < -0.3 is 4.57 Å². The maximum atomic E-state index is 12.5. The van der Waals surface area contributed by atoms with Gasteiger partial charge in [-0.05, 0) is 55.8 Å². The van der Waals surface area contributed by atoms with E-state index in [1.807, 2.05) is 54.8 Å². The van der Waals surface area contributed by atoms with Gasteiger partial charge in [0.25, 0.3) is 5.91 Å². The lowest BCUT2D eigenvalue weighted by atomic mass is 10.1. The Morgan fingerprint density at radius 2 is 1.93 bits per heavy atom. The van der Waals surface area contributed by atoms with Gasteiger partial charge in [-0.2, -0.15) is 5.26 Å². The van der Waals surface area contributed by atoms with Gasteiger partial charge in [-0.25, -0.2) is 8.42 Å². The van der Waals surface area contributed by atoms with Crippen molar-refractivity contribution in [2.24, 2.45) is 0 Å². The highest BCUT2D eigenvalue weighted by atomic mass is 79.9. The molecule has 0 bridgehead atoms. The van der Waals surface area contributed by atoms with Crippen LogP contribution in [0, 0.1) is 25.2 Å². The summed E-state index contributed by atoms with van der Waals surface area (Å²) < 4.78 is 25.8. The number of nitrogens with one attached hydrogen (secondary N) is 1. The van der Waals surface area contributed by atoms with Crippen molar-refractivity contribution in [3.05, 3.63) is 57.3 Å². The third-order valence-corrected chi connectivity index (χ3v) is 7.20. The van der Waals surface area contributed by atoms with E-state index in [0.29, 0.717) is 0 Å². The first kappa shape index (κ1) is 21.9. The number of hydrogen-bond donors (Lipinski definition) is 1. The van der Waals surface area contributed by atoms with Crippen LogP contribution in [0.5, 0.6) is 0 Å². The molecule has 3 rings (SSSR count). The second kappa shape index (κ2) is 8.51. The SMILES string of the molecule is Cc1cc(/C=C(/C#N)C(=O)Nc2nnc(S(C)(=O)=O)s2)c(C)n1-c1ccc(Br)cc1. The average Bonchev–Trinajstić information content (AvgIpc) is 3.25. The highest BCUT2D eigenvalue weighted by molar-refractivity contribution is 9.10. The maximum Gasteiger partial charge on any atom is 0.268 e. The van der Waals surface area contributed by atoms with Crippen molar-refractivity contribution in [2.45, 2.75) is 18.2 Å². The third-order valence-electron chi connectivity index (χ3n) is 4.16. The monoisotopic (exact) mass is 505 g/mol. The first-order valence-corrected chi connectivity index (χ1v) is 12.0. The first-order valence-electron chi connectivity index (χ1n) is 8.51. The van der Waals surface area contributed by atoms with Crippen LogP contribution in [0.4, 0.5) is 5.13 Å². The summed E-state index contributed by atoms with van der Waals surface area (Å²) in [5.74, 6) is -0.692. The Balaban J connectivity index is 1.90. The lowest BCUT2D eigenvalue weighted by Gasteiger charge is -2.09. The molecule has 2 aromatic heterocycles. The van der Waals surface area contributed by atoms with Gasteiger partial charge in [0.05, 0.1) is 0 Å². The van der Waals surface area contributed by atoms with Crippen LogP contribution in [0.2, 0.25) is 0 Å². The van der Waals surface area contributed by atoms with E-state index < -0.39 is 15.7 Å². The van der Waals surface area contributed by atoms with E-state index in [1.54, 1.807) is 0 Å². The minimum atomic E-state index is -3.52. The molecule has 0 radical (unpaired) electrons. The molecule has 0 aliphatic heterocycles. The summed E-state index contributed by atoms with van der Waals surface area (Å²) in [4.78, 5) is 12.5. The standard InChI is InChI=1S/C19H16BrN5O3S2/c1-11-8-13(12(2)25(11)16-6-4-15(20)5-7-16)9-14(10-21)17(26)22-18-23-24-19(29-18)30(3,27)28/h4-9H,1-3H3,(H,22,23,26)/b14-9-. The lowest BCUT2D eigenvalue weighted by Crippen LogP contribution is -2.13. The average molecular weight is 506 g/mol. The number of hydrogen-bond acceptors (Lipinski definition) is 7. The molecule has 1 aromatic carbocycles. The van der Waals surface area contributed by atoms with Crippen molar-refractivity contribution in [1.82, 2.24) is 14.8 Å². The van der Waals surface area contributed by atoms with Crippen molar-refractivity contribution in [3.8, 4) is 11.8 Å². The summed E-state index contributed by atoms with van der Waals surface area (Å²) in [5, 5.41) is 19.1. The molecule has 8 nitrogen and oxygen atoms in total. The number of aromatic nitrogens is 3. The zero-order chi connectivity index (χ0) is 22.1. The van der Waals surface area contributed by atoms with Gasteiger partial charge in [0.15, 0.2) is 0 Å². The number of anilines is 1. The number of amides is 1. The van der Waals surface area contributed by atoms with Crippen LogP contribution < -0.4 is 5.32 Å². The van der Waals surface area contributed by atoms with Crippen LogP contribution in [0.1, 0.15) is 17.0 Å². The Bertz CT molecular complexity index is 1300. The number of rotatable bonds is 5. The van der Waals surface area contributed by atoms with E-state index in [9.17, 15) is 18.5 Å². The summed E-state index contributed by atoms with van der Waals surface area (Å²) in [7, 11) is -3.52. The van der Waals surface area contributed by atoms with Crippen molar-refractivity contribution in [3.63, 3.8) is 0 Å². The van der Waals surface area contributed by atoms with Gasteiger partial charge in [0.2, 0.25) is 19.3 Å². The predicted molar refractivity (Wildman–Crippen MR) is 118 cm³/mol. The summed E-state index contributed by atoms with van der Waals surface area (Å²) in [6, 6.07) is 11.6. The van der Waals surface area contributed by atoms with Crippen LogP contribution in [-0.4, -0.2) is 35.3 Å². The second-order valence-corrected chi connectivity index (χ2v) is 10.5. The number of benzene rings is 1. The summed E-state index contributed by atoms with van der Waals surface area (Å²) in [6.45, 7) is 3.84. The number of halogens is 1. The molecule has 0 fully saturated rings. The number of carbonyl (C=O) groups excluding carboxylic acids is 1. The lowest BCUT2D eigenvalue weighted by molar-refractivity contribution is -0.112. The molecule has 0 saturated carbocycles. The van der Waals surface area contributed by atoms with Crippen LogP contribution in [0.25, 0.3) is 11.8 Å². The Morgan fingerprint density at radius 1 is 1.27 bits per heavy atom. The van der Waals surface area contributed by atoms with Gasteiger partial charge >= 0.3 is 0 Å². The minimum Gasteiger partial charge on any atom is -0.318 e. The van der Waals surface area contributed by atoms with E-state index >= 15 is 0 Å². The summed E-state index contributed by atoms with van der Waals surface area (Å²) in [5.41, 5.74) is 3.35. The molecule has 154 valence electrons. The van der Waals surface area contributed by atoms with E-state index in [2.05, 4.69) is 31.4 Å². The number of nitrogens with zero attached hydrogens (tertiary/aromatic N) is 4. The van der Waals surface area contributed by atoms with E-state index in [1.165, 1.54) is 6.08 Å². The van der Waals surface area contributed by atoms with E-state index in [4.69, 9.17) is 0 Å². The number of aryl methyl sites for hydroxylation is 1. The third kappa shape index (κ3) is 4.67. The molecule has 0 atom stereocenters. The largest absolute Gasteiger partial charge is 0.318 e. The molecule has 0 spiro atoms. The number of sulfone groups is 1. The van der Waals surface area contributed by atoms with Crippen LogP contribution >= 0.6 is 27.3 Å². The molecular formula is C19H16BrN5O3S2. The fourth-order valence-corrected chi connectivity index (χ4v) is 4.57. The van der Waals surface area contributed by atoms with E-state index in [-0.39, 0.29) is 15.0 Å². The normalized spacial score (nSPS) is 11.9. The molecular weight excluding hydrogens is 490 g/mol. The van der Waals surface area contributed by atoms with Gasteiger partial charge in [0.1, 0.15) is 11.6 Å². The molecule has 0 aliphatic rings. The fraction of sp³-hybridized carbons (Fsp3) is 0.158. The first-order chi connectivity index (χ1) is 14.1. The molecule has 2 heterocycles.